The first-order valence-corrected chi connectivity index (χ1v) is 7.14. The van der Waals surface area contributed by atoms with E-state index >= 15 is 0 Å². The highest BCUT2D eigenvalue weighted by Crippen LogP contribution is 2.30. The van der Waals surface area contributed by atoms with Gasteiger partial charge in [0.25, 0.3) is 0 Å². The van der Waals surface area contributed by atoms with Gasteiger partial charge < -0.3 is 11.1 Å². The first kappa shape index (κ1) is 12.9. The Morgan fingerprint density at radius 1 is 1.18 bits per heavy atom. The fourth-order valence-electron chi connectivity index (χ4n) is 3.55. The Kier molecular flexibility index (Phi) is 4.08. The lowest BCUT2D eigenvalue weighted by molar-refractivity contribution is -0.128. The normalized spacial score (nSPS) is 42.4. The van der Waals surface area contributed by atoms with Crippen molar-refractivity contribution in [2.24, 2.45) is 23.5 Å². The summed E-state index contributed by atoms with van der Waals surface area (Å²) < 4.78 is 0. The molecule has 0 aromatic carbocycles. The van der Waals surface area contributed by atoms with E-state index in [4.69, 9.17) is 5.73 Å². The Labute approximate surface area is 105 Å². The molecule has 5 atom stereocenters. The van der Waals surface area contributed by atoms with Crippen molar-refractivity contribution in [3.8, 4) is 0 Å². The molecule has 98 valence electrons. The first-order valence-electron chi connectivity index (χ1n) is 7.14. The van der Waals surface area contributed by atoms with Crippen molar-refractivity contribution >= 4 is 5.91 Å². The van der Waals surface area contributed by atoms with Gasteiger partial charge in [-0.2, -0.15) is 0 Å². The first-order chi connectivity index (χ1) is 8.08. The van der Waals surface area contributed by atoms with Crippen molar-refractivity contribution in [2.75, 3.05) is 0 Å². The van der Waals surface area contributed by atoms with Gasteiger partial charge in [0.1, 0.15) is 0 Å². The van der Waals surface area contributed by atoms with Gasteiger partial charge in [0.05, 0.1) is 5.92 Å². The summed E-state index contributed by atoms with van der Waals surface area (Å²) in [4.78, 5) is 12.3. The van der Waals surface area contributed by atoms with Crippen molar-refractivity contribution < 1.29 is 4.79 Å². The van der Waals surface area contributed by atoms with Crippen LogP contribution in [0.3, 0.4) is 0 Å². The summed E-state index contributed by atoms with van der Waals surface area (Å²) in [5.74, 6) is 1.46. The number of rotatable bonds is 2. The van der Waals surface area contributed by atoms with E-state index in [9.17, 15) is 4.79 Å². The van der Waals surface area contributed by atoms with Gasteiger partial charge in [-0.15, -0.1) is 0 Å². The van der Waals surface area contributed by atoms with Crippen LogP contribution in [0.25, 0.3) is 0 Å². The van der Waals surface area contributed by atoms with E-state index in [-0.39, 0.29) is 17.9 Å². The van der Waals surface area contributed by atoms with Crippen LogP contribution in [0.2, 0.25) is 0 Å². The molecule has 2 saturated carbocycles. The van der Waals surface area contributed by atoms with Crippen molar-refractivity contribution in [3.63, 3.8) is 0 Å². The molecule has 3 N–H and O–H groups in total. The van der Waals surface area contributed by atoms with E-state index in [1.165, 1.54) is 12.8 Å². The van der Waals surface area contributed by atoms with Crippen LogP contribution >= 0.6 is 0 Å². The largest absolute Gasteiger partial charge is 0.353 e. The molecule has 0 heterocycles. The topological polar surface area (TPSA) is 55.1 Å². The summed E-state index contributed by atoms with van der Waals surface area (Å²) >= 11 is 0. The molecule has 2 rings (SSSR count). The minimum absolute atomic E-state index is 0.0413. The van der Waals surface area contributed by atoms with Gasteiger partial charge in [0, 0.05) is 12.1 Å². The Bertz CT molecular complexity index is 269. The van der Waals surface area contributed by atoms with E-state index in [0.29, 0.717) is 12.0 Å². The monoisotopic (exact) mass is 238 g/mol. The average molecular weight is 238 g/mol. The molecule has 0 aromatic rings. The molecule has 0 bridgehead atoms. The van der Waals surface area contributed by atoms with Crippen molar-refractivity contribution in [1.82, 2.24) is 5.32 Å². The Morgan fingerprint density at radius 3 is 2.53 bits per heavy atom. The molecule has 0 radical (unpaired) electrons. The number of carbonyl (C=O) groups is 1. The molecule has 3 nitrogen and oxygen atoms in total. The summed E-state index contributed by atoms with van der Waals surface area (Å²) in [6.07, 6.45) is 6.85. The lowest BCUT2D eigenvalue weighted by Gasteiger charge is -2.34. The van der Waals surface area contributed by atoms with Gasteiger partial charge in [0.2, 0.25) is 5.91 Å². The van der Waals surface area contributed by atoms with Crippen molar-refractivity contribution in [2.45, 2.75) is 64.5 Å². The van der Waals surface area contributed by atoms with Crippen molar-refractivity contribution in [1.29, 1.82) is 0 Å². The molecule has 1 amide bonds. The van der Waals surface area contributed by atoms with E-state index in [0.717, 1.165) is 31.6 Å². The highest BCUT2D eigenvalue weighted by molar-refractivity contribution is 5.80. The quantitative estimate of drug-likeness (QED) is 0.773. The second kappa shape index (κ2) is 5.38. The summed E-state index contributed by atoms with van der Waals surface area (Å²) in [5.41, 5.74) is 6.11. The lowest BCUT2D eigenvalue weighted by atomic mass is 9.76. The van der Waals surface area contributed by atoms with Crippen LogP contribution in [0, 0.1) is 17.8 Å². The van der Waals surface area contributed by atoms with Gasteiger partial charge in [-0.05, 0) is 43.9 Å². The molecule has 0 spiro atoms. The number of nitrogens with one attached hydrogen (secondary N) is 1. The number of hydrogen-bond acceptors (Lipinski definition) is 2. The molecule has 0 aliphatic heterocycles. The minimum Gasteiger partial charge on any atom is -0.353 e. The number of amides is 1. The maximum absolute atomic E-state index is 12.3. The second-order valence-corrected chi connectivity index (χ2v) is 6.22. The van der Waals surface area contributed by atoms with E-state index < -0.39 is 0 Å². The molecule has 2 aliphatic rings. The summed E-state index contributed by atoms with van der Waals surface area (Å²) in [7, 11) is 0. The maximum Gasteiger partial charge on any atom is 0.225 e. The Morgan fingerprint density at radius 2 is 1.94 bits per heavy atom. The molecule has 2 aliphatic carbocycles. The summed E-state index contributed by atoms with van der Waals surface area (Å²) in [5, 5.41) is 3.22. The van der Waals surface area contributed by atoms with E-state index in [2.05, 4.69) is 19.2 Å². The van der Waals surface area contributed by atoms with Crippen LogP contribution in [0.5, 0.6) is 0 Å². The summed E-state index contributed by atoms with van der Waals surface area (Å²) in [6.45, 7) is 4.43. The van der Waals surface area contributed by atoms with E-state index in [1.54, 1.807) is 0 Å². The Balaban J connectivity index is 1.89. The maximum atomic E-state index is 12.3. The van der Waals surface area contributed by atoms with Crippen LogP contribution in [-0.4, -0.2) is 18.0 Å². The molecule has 0 aromatic heterocycles. The minimum atomic E-state index is 0.0413. The lowest BCUT2D eigenvalue weighted by Crippen LogP contribution is -2.49. The molecular weight excluding hydrogens is 212 g/mol. The number of hydrogen-bond donors (Lipinski definition) is 2. The van der Waals surface area contributed by atoms with Gasteiger partial charge >= 0.3 is 0 Å². The van der Waals surface area contributed by atoms with Crippen LogP contribution < -0.4 is 11.1 Å². The zero-order chi connectivity index (χ0) is 12.4. The number of carbonyl (C=O) groups excluding carboxylic acids is 1. The van der Waals surface area contributed by atoms with E-state index in [1.807, 2.05) is 0 Å². The van der Waals surface area contributed by atoms with Crippen LogP contribution in [0.1, 0.15) is 52.4 Å². The SMILES string of the molecule is CC1CCC(NC(=O)C2C(C)CCCC2N)C1. The molecule has 3 heteroatoms. The predicted octanol–water partition coefficient (Wildman–Crippen LogP) is 2.05. The highest BCUT2D eigenvalue weighted by atomic mass is 16.2. The third-order valence-corrected chi connectivity index (χ3v) is 4.62. The molecule has 0 saturated heterocycles. The van der Waals surface area contributed by atoms with Crippen LogP contribution in [0.4, 0.5) is 0 Å². The fraction of sp³-hybridized carbons (Fsp3) is 0.929. The molecule has 5 unspecified atom stereocenters. The average Bonchev–Trinajstić information content (AvgIpc) is 2.63. The summed E-state index contributed by atoms with van der Waals surface area (Å²) in [6, 6.07) is 0.469. The van der Waals surface area contributed by atoms with Crippen molar-refractivity contribution in [3.05, 3.63) is 0 Å². The molecule has 17 heavy (non-hydrogen) atoms. The standard InChI is InChI=1S/C14H26N2O/c1-9-6-7-11(8-9)16-14(17)13-10(2)4-3-5-12(13)15/h9-13H,3-8,15H2,1-2H3,(H,16,17). The zero-order valence-corrected chi connectivity index (χ0v) is 11.1. The smallest absolute Gasteiger partial charge is 0.225 e. The number of nitrogens with two attached hydrogens (primary N) is 1. The third-order valence-electron chi connectivity index (χ3n) is 4.62. The predicted molar refractivity (Wildman–Crippen MR) is 69.4 cm³/mol. The fourth-order valence-corrected chi connectivity index (χ4v) is 3.55. The van der Waals surface area contributed by atoms with Gasteiger partial charge in [-0.25, -0.2) is 0 Å². The highest BCUT2D eigenvalue weighted by Gasteiger charge is 2.35. The second-order valence-electron chi connectivity index (χ2n) is 6.22. The Hall–Kier alpha value is -0.570. The zero-order valence-electron chi connectivity index (χ0n) is 11.1. The van der Waals surface area contributed by atoms with Crippen LogP contribution in [0.15, 0.2) is 0 Å². The third kappa shape index (κ3) is 3.01. The van der Waals surface area contributed by atoms with Gasteiger partial charge in [-0.1, -0.05) is 20.3 Å². The van der Waals surface area contributed by atoms with Gasteiger partial charge in [-0.3, -0.25) is 4.79 Å². The van der Waals surface area contributed by atoms with Crippen LogP contribution in [-0.2, 0) is 4.79 Å². The van der Waals surface area contributed by atoms with Gasteiger partial charge in [0.15, 0.2) is 0 Å². The molecule has 2 fully saturated rings. The molecular formula is C14H26N2O.